The molecule has 1 saturated carbocycles. The fraction of sp³-hybridized carbons (Fsp3) is 0.429. The minimum atomic E-state index is -2.77. The first-order valence-corrected chi connectivity index (χ1v) is 9.70. The first-order valence-electron chi connectivity index (χ1n) is 9.70. The Labute approximate surface area is 184 Å². The van der Waals surface area contributed by atoms with Gasteiger partial charge in [-0.1, -0.05) is 0 Å². The molecule has 2 fully saturated rings. The van der Waals surface area contributed by atoms with Crippen LogP contribution in [0.15, 0.2) is 30.6 Å². The van der Waals surface area contributed by atoms with Crippen molar-refractivity contribution in [2.45, 2.75) is 43.7 Å². The van der Waals surface area contributed by atoms with E-state index in [9.17, 15) is 22.4 Å². The second kappa shape index (κ2) is 8.31. The second-order valence-electron chi connectivity index (χ2n) is 8.50. The monoisotopic (exact) mass is 456 g/mol. The molecule has 1 aliphatic heterocycles. The van der Waals surface area contributed by atoms with Crippen molar-refractivity contribution < 1.29 is 22.4 Å². The van der Waals surface area contributed by atoms with Crippen molar-refractivity contribution in [2.24, 2.45) is 5.73 Å². The number of benzene rings is 1. The fourth-order valence-corrected chi connectivity index (χ4v) is 4.08. The van der Waals surface area contributed by atoms with Crippen LogP contribution < -0.4 is 16.0 Å². The van der Waals surface area contributed by atoms with Gasteiger partial charge in [-0.05, 0) is 31.0 Å². The van der Waals surface area contributed by atoms with E-state index in [1.54, 1.807) is 0 Å². The molecule has 0 spiro atoms. The van der Waals surface area contributed by atoms with Crippen molar-refractivity contribution in [1.29, 1.82) is 0 Å². The van der Waals surface area contributed by atoms with Gasteiger partial charge in [-0.2, -0.15) is 13.5 Å². The van der Waals surface area contributed by atoms with E-state index < -0.39 is 47.9 Å². The maximum Gasteiger partial charge on any atom is 0.255 e. The van der Waals surface area contributed by atoms with E-state index in [0.717, 1.165) is 18.2 Å². The van der Waals surface area contributed by atoms with Crippen LogP contribution in [0, 0.1) is 11.6 Å². The molecular formula is C21H24F4N4OS. The van der Waals surface area contributed by atoms with E-state index in [1.165, 1.54) is 12.4 Å². The number of carbonyl (C=O) groups is 1. The van der Waals surface area contributed by atoms with Crippen LogP contribution in [0.25, 0.3) is 11.1 Å². The summed E-state index contributed by atoms with van der Waals surface area (Å²) in [7, 11) is 0. The summed E-state index contributed by atoms with van der Waals surface area (Å²) in [6.07, 6.45) is 2.60. The Kier molecular flexibility index (Phi) is 6.25. The smallest absolute Gasteiger partial charge is 0.255 e. The molecule has 2 heterocycles. The number of aromatic nitrogens is 1. The van der Waals surface area contributed by atoms with E-state index in [1.807, 2.05) is 11.8 Å². The molecule has 0 unspecified atom stereocenters. The summed E-state index contributed by atoms with van der Waals surface area (Å²) in [5, 5.41) is 2.61. The zero-order valence-electron chi connectivity index (χ0n) is 16.9. The van der Waals surface area contributed by atoms with Crippen LogP contribution in [-0.2, 0) is 0 Å². The Morgan fingerprint density at radius 1 is 1.19 bits per heavy atom. The van der Waals surface area contributed by atoms with E-state index >= 15 is 0 Å². The van der Waals surface area contributed by atoms with E-state index in [-0.39, 0.29) is 24.6 Å². The molecule has 1 aromatic carbocycles. The van der Waals surface area contributed by atoms with E-state index in [0.29, 0.717) is 30.8 Å². The van der Waals surface area contributed by atoms with Crippen LogP contribution in [-0.4, -0.2) is 41.5 Å². The van der Waals surface area contributed by atoms with Gasteiger partial charge in [0.15, 0.2) is 0 Å². The highest BCUT2D eigenvalue weighted by Gasteiger charge is 2.46. The molecule has 10 heteroatoms. The molecule has 1 aromatic heterocycles. The summed E-state index contributed by atoms with van der Waals surface area (Å²) in [5.41, 5.74) is 6.94. The third-order valence-electron chi connectivity index (χ3n) is 5.58. The maximum atomic E-state index is 13.9. The van der Waals surface area contributed by atoms with E-state index in [4.69, 9.17) is 5.73 Å². The molecule has 1 saturated heterocycles. The van der Waals surface area contributed by atoms with Crippen LogP contribution in [0.3, 0.4) is 0 Å². The summed E-state index contributed by atoms with van der Waals surface area (Å²) >= 11 is 0. The third-order valence-corrected chi connectivity index (χ3v) is 5.58. The van der Waals surface area contributed by atoms with Crippen molar-refractivity contribution >= 4 is 25.1 Å². The van der Waals surface area contributed by atoms with Crippen LogP contribution >= 0.6 is 13.5 Å². The molecule has 2 aliphatic rings. The first kappa shape index (κ1) is 23.3. The van der Waals surface area contributed by atoms with Gasteiger partial charge >= 0.3 is 0 Å². The molecule has 168 valence electrons. The summed E-state index contributed by atoms with van der Waals surface area (Å²) in [6.45, 7) is 2.83. The van der Waals surface area contributed by atoms with Crippen LogP contribution in [0.4, 0.5) is 23.2 Å². The number of alkyl halides is 2. The predicted molar refractivity (Wildman–Crippen MR) is 115 cm³/mol. The largest absolute Gasteiger partial charge is 0.368 e. The summed E-state index contributed by atoms with van der Waals surface area (Å²) in [6, 6.07) is 2.45. The lowest BCUT2D eigenvalue weighted by Crippen LogP contribution is -2.50. The number of nitrogens with two attached hydrogens (primary N) is 1. The van der Waals surface area contributed by atoms with Gasteiger partial charge in [0, 0.05) is 61.5 Å². The Morgan fingerprint density at radius 2 is 1.84 bits per heavy atom. The summed E-state index contributed by atoms with van der Waals surface area (Å²) < 4.78 is 54.0. The first-order chi connectivity index (χ1) is 14.0. The van der Waals surface area contributed by atoms with Crippen molar-refractivity contribution in [2.75, 3.05) is 18.0 Å². The number of carbonyl (C=O) groups excluding carboxylic acids is 1. The Bertz CT molecular complexity index is 973. The van der Waals surface area contributed by atoms with Crippen LogP contribution in [0.2, 0.25) is 0 Å². The van der Waals surface area contributed by atoms with Gasteiger partial charge in [0.2, 0.25) is 0 Å². The summed E-state index contributed by atoms with van der Waals surface area (Å²) in [4.78, 5) is 18.9. The third kappa shape index (κ3) is 4.95. The highest BCUT2D eigenvalue weighted by Crippen LogP contribution is 2.39. The lowest BCUT2D eigenvalue weighted by molar-refractivity contribution is -0.0901. The summed E-state index contributed by atoms with van der Waals surface area (Å²) in [5.74, 6) is -4.83. The zero-order chi connectivity index (χ0) is 21.7. The highest BCUT2D eigenvalue weighted by molar-refractivity contribution is 7.59. The molecule has 1 amide bonds. The molecule has 4 rings (SSSR count). The zero-order valence-corrected chi connectivity index (χ0v) is 17.9. The van der Waals surface area contributed by atoms with Gasteiger partial charge in [-0.15, -0.1) is 0 Å². The molecule has 31 heavy (non-hydrogen) atoms. The molecule has 1 atom stereocenters. The van der Waals surface area contributed by atoms with Crippen molar-refractivity contribution in [1.82, 2.24) is 10.3 Å². The number of nitrogens with zero attached hydrogens (tertiary/aromatic N) is 2. The topological polar surface area (TPSA) is 71.2 Å². The molecular weight excluding hydrogens is 432 g/mol. The molecule has 3 N–H and O–H groups in total. The number of hydrogen-bond donors (Lipinski definition) is 2. The van der Waals surface area contributed by atoms with Crippen molar-refractivity contribution in [3.63, 3.8) is 0 Å². The van der Waals surface area contributed by atoms with Crippen molar-refractivity contribution in [3.05, 3.63) is 47.8 Å². The Hall–Kier alpha value is -2.33. The quantitative estimate of drug-likeness (QED) is 0.690. The van der Waals surface area contributed by atoms with Gasteiger partial charge in [0.25, 0.3) is 11.8 Å². The molecule has 2 aromatic rings. The van der Waals surface area contributed by atoms with Gasteiger partial charge in [0.05, 0.1) is 11.3 Å². The Morgan fingerprint density at radius 3 is 2.39 bits per heavy atom. The van der Waals surface area contributed by atoms with Gasteiger partial charge in [-0.25, -0.2) is 17.6 Å². The normalized spacial score (nSPS) is 22.6. The molecule has 0 radical (unpaired) electrons. The lowest BCUT2D eigenvalue weighted by atomic mass is 9.88. The maximum absolute atomic E-state index is 13.9. The minimum absolute atomic E-state index is 0. The number of pyridine rings is 1. The number of amides is 1. The lowest BCUT2D eigenvalue weighted by Gasteiger charge is -2.35. The number of nitrogens with one attached hydrogen (secondary N) is 1. The standard InChI is InChI=1S/C21H22F4N4O.H2S/c1-20(26)2-3-29(11-20)18-16(12-4-13(22)6-14(23)5-12)9-27-10-17(18)19(30)28-15-7-21(24,25)8-15;/h4-6,9-10,15H,2-3,7-8,11,26H2,1H3,(H,28,30);1H2/t20-;/m0./s1. The predicted octanol–water partition coefficient (Wildman–Crippen LogP) is 3.59. The van der Waals surface area contributed by atoms with E-state index in [2.05, 4.69) is 10.3 Å². The number of hydrogen-bond acceptors (Lipinski definition) is 4. The molecule has 1 aliphatic carbocycles. The molecule has 5 nitrogen and oxygen atoms in total. The SMILES string of the molecule is C[C@]1(N)CCN(c2c(C(=O)NC3CC(F)(F)C3)cncc2-c2cc(F)cc(F)c2)C1.S. The van der Waals surface area contributed by atoms with Crippen molar-refractivity contribution in [3.8, 4) is 11.1 Å². The Balaban J connectivity index is 0.00000272. The highest BCUT2D eigenvalue weighted by atomic mass is 32.1. The van der Waals surface area contributed by atoms with Gasteiger partial charge in [0.1, 0.15) is 11.6 Å². The second-order valence-corrected chi connectivity index (χ2v) is 8.50. The van der Waals surface area contributed by atoms with Crippen LogP contribution in [0.5, 0.6) is 0 Å². The fourth-order valence-electron chi connectivity index (χ4n) is 4.08. The average Bonchev–Trinajstić information content (AvgIpc) is 2.98. The van der Waals surface area contributed by atoms with Gasteiger partial charge < -0.3 is 16.0 Å². The number of rotatable bonds is 4. The van der Waals surface area contributed by atoms with Gasteiger partial charge in [-0.3, -0.25) is 9.78 Å². The number of halogens is 4. The minimum Gasteiger partial charge on any atom is -0.368 e. The number of anilines is 1. The van der Waals surface area contributed by atoms with Crippen LogP contribution in [0.1, 0.15) is 36.5 Å². The molecule has 0 bridgehead atoms. The average molecular weight is 457 g/mol.